The summed E-state index contributed by atoms with van der Waals surface area (Å²) in [5, 5.41) is 18.7. The molecule has 0 radical (unpaired) electrons. The van der Waals surface area contributed by atoms with E-state index in [-0.39, 0.29) is 48.5 Å². The lowest BCUT2D eigenvalue weighted by Gasteiger charge is -2.37. The normalized spacial score (nSPS) is 16.7. The van der Waals surface area contributed by atoms with Gasteiger partial charge >= 0.3 is 0 Å². The minimum Gasteiger partial charge on any atom is -0.396 e. The Labute approximate surface area is 168 Å². The van der Waals surface area contributed by atoms with E-state index in [0.717, 1.165) is 32.4 Å². The fraction of sp³-hybridized carbons (Fsp3) is 0.882. The van der Waals surface area contributed by atoms with Gasteiger partial charge in [0.1, 0.15) is 6.54 Å². The van der Waals surface area contributed by atoms with Gasteiger partial charge in [-0.25, -0.2) is 4.99 Å². The Balaban J connectivity index is 0.00000576. The third kappa shape index (κ3) is 10.2. The van der Waals surface area contributed by atoms with Crippen molar-refractivity contribution >= 4 is 35.8 Å². The number of hydrogen-bond acceptors (Lipinski definition) is 4. The van der Waals surface area contributed by atoms with E-state index < -0.39 is 0 Å². The molecule has 1 aliphatic rings. The Bertz CT molecular complexity index is 383. The van der Waals surface area contributed by atoms with Crippen LogP contribution in [-0.4, -0.2) is 63.5 Å². The van der Waals surface area contributed by atoms with E-state index in [1.54, 1.807) is 7.11 Å². The molecule has 0 bridgehead atoms. The van der Waals surface area contributed by atoms with Crippen LogP contribution in [0.4, 0.5) is 0 Å². The molecule has 1 aliphatic carbocycles. The van der Waals surface area contributed by atoms with Crippen molar-refractivity contribution in [3.05, 3.63) is 0 Å². The SMILES string of the molecule is CCNC(=NCC(=O)NCCOC)NCC1(CCO)CCCCC1.I. The van der Waals surface area contributed by atoms with E-state index in [2.05, 4.69) is 20.9 Å². The highest BCUT2D eigenvalue weighted by atomic mass is 127. The number of ether oxygens (including phenoxy) is 1. The van der Waals surface area contributed by atoms with Crippen LogP contribution in [0.25, 0.3) is 0 Å². The molecule has 0 aromatic heterocycles. The number of carbonyl (C=O) groups is 1. The summed E-state index contributed by atoms with van der Waals surface area (Å²) in [7, 11) is 1.60. The quantitative estimate of drug-likeness (QED) is 0.167. The molecule has 1 rings (SSSR count). The summed E-state index contributed by atoms with van der Waals surface area (Å²) in [5.41, 5.74) is 0.143. The van der Waals surface area contributed by atoms with Crippen LogP contribution in [0.3, 0.4) is 0 Å². The van der Waals surface area contributed by atoms with Crippen molar-refractivity contribution in [3.63, 3.8) is 0 Å². The molecule has 0 saturated heterocycles. The van der Waals surface area contributed by atoms with Gasteiger partial charge in [0.05, 0.1) is 6.61 Å². The third-order valence-electron chi connectivity index (χ3n) is 4.54. The predicted molar refractivity (Wildman–Crippen MR) is 112 cm³/mol. The van der Waals surface area contributed by atoms with Crippen molar-refractivity contribution in [2.24, 2.45) is 10.4 Å². The van der Waals surface area contributed by atoms with E-state index in [1.165, 1.54) is 19.3 Å². The molecule has 1 amide bonds. The standard InChI is InChI=1S/C17H34N4O3.HI/c1-3-18-16(20-13-15(23)19-10-12-24-2)21-14-17(9-11-22)7-5-4-6-8-17;/h22H,3-14H2,1-2H3,(H,19,23)(H2,18,20,21);1H. The first-order chi connectivity index (χ1) is 11.7. The molecule has 0 aromatic rings. The average Bonchev–Trinajstić information content (AvgIpc) is 2.59. The fourth-order valence-corrected chi connectivity index (χ4v) is 3.17. The highest BCUT2D eigenvalue weighted by Crippen LogP contribution is 2.38. The molecule has 1 fully saturated rings. The zero-order valence-electron chi connectivity index (χ0n) is 15.6. The third-order valence-corrected chi connectivity index (χ3v) is 4.54. The van der Waals surface area contributed by atoms with Crippen LogP contribution >= 0.6 is 24.0 Å². The van der Waals surface area contributed by atoms with Gasteiger partial charge in [-0.3, -0.25) is 4.79 Å². The van der Waals surface area contributed by atoms with Gasteiger partial charge < -0.3 is 25.8 Å². The number of halogens is 1. The minimum absolute atomic E-state index is 0. The van der Waals surface area contributed by atoms with Crippen molar-refractivity contribution in [1.82, 2.24) is 16.0 Å². The van der Waals surface area contributed by atoms with Crippen LogP contribution in [0.1, 0.15) is 45.4 Å². The van der Waals surface area contributed by atoms with Gasteiger partial charge in [-0.15, -0.1) is 24.0 Å². The van der Waals surface area contributed by atoms with Crippen LogP contribution in [0.15, 0.2) is 4.99 Å². The number of carbonyl (C=O) groups excluding carboxylic acids is 1. The Morgan fingerprint density at radius 3 is 2.52 bits per heavy atom. The van der Waals surface area contributed by atoms with Crippen LogP contribution in [-0.2, 0) is 9.53 Å². The van der Waals surface area contributed by atoms with Crippen LogP contribution in [0.2, 0.25) is 0 Å². The van der Waals surface area contributed by atoms with Crippen molar-refractivity contribution in [3.8, 4) is 0 Å². The Morgan fingerprint density at radius 2 is 1.92 bits per heavy atom. The van der Waals surface area contributed by atoms with E-state index in [0.29, 0.717) is 19.1 Å². The molecule has 0 aliphatic heterocycles. The Morgan fingerprint density at radius 1 is 1.20 bits per heavy atom. The fourth-order valence-electron chi connectivity index (χ4n) is 3.17. The predicted octanol–water partition coefficient (Wildman–Crippen LogP) is 1.25. The van der Waals surface area contributed by atoms with Crippen LogP contribution in [0.5, 0.6) is 0 Å². The number of rotatable bonds is 10. The molecule has 0 unspecified atom stereocenters. The zero-order valence-corrected chi connectivity index (χ0v) is 17.9. The number of nitrogens with one attached hydrogen (secondary N) is 3. The first kappa shape index (κ1) is 24.4. The maximum atomic E-state index is 11.7. The number of nitrogens with zero attached hydrogens (tertiary/aromatic N) is 1. The number of aliphatic imine (C=N–C) groups is 1. The lowest BCUT2D eigenvalue weighted by atomic mass is 9.72. The van der Waals surface area contributed by atoms with Gasteiger partial charge in [-0.05, 0) is 31.6 Å². The molecule has 1 saturated carbocycles. The van der Waals surface area contributed by atoms with E-state index in [9.17, 15) is 9.90 Å². The molecule has 25 heavy (non-hydrogen) atoms. The van der Waals surface area contributed by atoms with Gasteiger partial charge in [0, 0.05) is 33.4 Å². The monoisotopic (exact) mass is 470 g/mol. The zero-order chi connectivity index (χ0) is 17.7. The number of guanidine groups is 1. The van der Waals surface area contributed by atoms with Crippen molar-refractivity contribution in [1.29, 1.82) is 0 Å². The Kier molecular flexibility index (Phi) is 14.2. The van der Waals surface area contributed by atoms with Gasteiger partial charge in [0.2, 0.25) is 5.91 Å². The molecule has 4 N–H and O–H groups in total. The summed E-state index contributed by atoms with van der Waals surface area (Å²) < 4.78 is 4.90. The largest absolute Gasteiger partial charge is 0.396 e. The van der Waals surface area contributed by atoms with Crippen molar-refractivity contribution in [2.45, 2.75) is 45.4 Å². The summed E-state index contributed by atoms with van der Waals surface area (Å²) >= 11 is 0. The minimum atomic E-state index is -0.119. The molecule has 148 valence electrons. The topological polar surface area (TPSA) is 95.0 Å². The van der Waals surface area contributed by atoms with E-state index in [1.807, 2.05) is 6.92 Å². The van der Waals surface area contributed by atoms with Gasteiger partial charge in [0.15, 0.2) is 5.96 Å². The van der Waals surface area contributed by atoms with Crippen LogP contribution in [0, 0.1) is 5.41 Å². The van der Waals surface area contributed by atoms with Gasteiger partial charge in [0.25, 0.3) is 0 Å². The highest BCUT2D eigenvalue weighted by Gasteiger charge is 2.31. The lowest BCUT2D eigenvalue weighted by molar-refractivity contribution is -0.119. The molecular formula is C17H35IN4O3. The molecule has 8 heteroatoms. The summed E-state index contributed by atoms with van der Waals surface area (Å²) in [6.45, 7) is 4.82. The Hall–Kier alpha value is -0.610. The number of methoxy groups -OCH3 is 1. The number of hydrogen-bond donors (Lipinski definition) is 4. The highest BCUT2D eigenvalue weighted by molar-refractivity contribution is 14.0. The summed E-state index contributed by atoms with van der Waals surface area (Å²) in [6.07, 6.45) is 6.81. The van der Waals surface area contributed by atoms with E-state index in [4.69, 9.17) is 4.74 Å². The lowest BCUT2D eigenvalue weighted by Crippen LogP contribution is -2.45. The molecule has 0 heterocycles. The maximum Gasteiger partial charge on any atom is 0.241 e. The molecule has 0 aromatic carbocycles. The summed E-state index contributed by atoms with van der Waals surface area (Å²) in [5.74, 6) is 0.536. The van der Waals surface area contributed by atoms with Gasteiger partial charge in [-0.1, -0.05) is 19.3 Å². The first-order valence-corrected chi connectivity index (χ1v) is 9.04. The molecule has 0 spiro atoms. The summed E-state index contributed by atoms with van der Waals surface area (Å²) in [4.78, 5) is 16.1. The first-order valence-electron chi connectivity index (χ1n) is 9.04. The second-order valence-corrected chi connectivity index (χ2v) is 6.43. The van der Waals surface area contributed by atoms with Crippen LogP contribution < -0.4 is 16.0 Å². The maximum absolute atomic E-state index is 11.7. The number of amides is 1. The van der Waals surface area contributed by atoms with Gasteiger partial charge in [-0.2, -0.15) is 0 Å². The average molecular weight is 470 g/mol. The molecule has 0 atom stereocenters. The smallest absolute Gasteiger partial charge is 0.241 e. The van der Waals surface area contributed by atoms with Crippen molar-refractivity contribution in [2.75, 3.05) is 46.5 Å². The van der Waals surface area contributed by atoms with E-state index >= 15 is 0 Å². The molecule has 7 nitrogen and oxygen atoms in total. The summed E-state index contributed by atoms with van der Waals surface area (Å²) in [6, 6.07) is 0. The van der Waals surface area contributed by atoms with Crippen molar-refractivity contribution < 1.29 is 14.6 Å². The second kappa shape index (κ2) is 14.5. The molecular weight excluding hydrogens is 435 g/mol. The number of aliphatic hydroxyl groups is 1. The second-order valence-electron chi connectivity index (χ2n) is 6.43. The number of aliphatic hydroxyl groups excluding tert-OH is 1.